The molecule has 0 atom stereocenters. The van der Waals surface area contributed by atoms with Gasteiger partial charge in [0.2, 0.25) is 0 Å². The third-order valence-electron chi connectivity index (χ3n) is 2.69. The van der Waals surface area contributed by atoms with Crippen molar-refractivity contribution < 1.29 is 0 Å². The Morgan fingerprint density at radius 3 is 2.56 bits per heavy atom. The number of aromatic nitrogens is 5. The molecule has 0 saturated carbocycles. The highest BCUT2D eigenvalue weighted by Crippen LogP contribution is 2.25. The Morgan fingerprint density at radius 2 is 2.06 bits per heavy atom. The van der Waals surface area contributed by atoms with E-state index in [4.69, 9.17) is 5.73 Å². The Morgan fingerprint density at radius 1 is 1.33 bits per heavy atom. The zero-order valence-electron chi connectivity index (χ0n) is 11.4. The molecule has 2 N–H and O–H groups in total. The minimum Gasteiger partial charge on any atom is -0.325 e. The van der Waals surface area contributed by atoms with Crippen molar-refractivity contribution in [1.82, 2.24) is 24.8 Å². The van der Waals surface area contributed by atoms with E-state index in [0.29, 0.717) is 6.54 Å². The Balaban J connectivity index is 2.50. The van der Waals surface area contributed by atoms with Gasteiger partial charge < -0.3 is 5.73 Å². The first-order valence-electron chi connectivity index (χ1n) is 6.03. The monoisotopic (exact) mass is 248 g/mol. The van der Waals surface area contributed by atoms with Gasteiger partial charge in [0.05, 0.1) is 5.69 Å². The lowest BCUT2D eigenvalue weighted by atomic mass is 9.97. The lowest BCUT2D eigenvalue weighted by Crippen LogP contribution is -2.18. The first-order chi connectivity index (χ1) is 8.42. The van der Waals surface area contributed by atoms with Gasteiger partial charge in [-0.3, -0.25) is 4.68 Å². The molecular formula is C12H20N6. The highest BCUT2D eigenvalue weighted by Gasteiger charge is 2.20. The molecule has 18 heavy (non-hydrogen) atoms. The van der Waals surface area contributed by atoms with Gasteiger partial charge in [0.1, 0.15) is 11.4 Å². The SMILES string of the molecule is Cn1nccc1-c1c(CN)nnn1CC(C)(C)C. The lowest BCUT2D eigenvalue weighted by molar-refractivity contribution is 0.323. The fraction of sp³-hybridized carbons (Fsp3) is 0.583. The summed E-state index contributed by atoms with van der Waals surface area (Å²) in [4.78, 5) is 0. The summed E-state index contributed by atoms with van der Waals surface area (Å²) in [6, 6.07) is 1.96. The van der Waals surface area contributed by atoms with Gasteiger partial charge in [0.15, 0.2) is 0 Å². The van der Waals surface area contributed by atoms with Crippen molar-refractivity contribution in [3.8, 4) is 11.4 Å². The summed E-state index contributed by atoms with van der Waals surface area (Å²) >= 11 is 0. The van der Waals surface area contributed by atoms with Gasteiger partial charge in [0.25, 0.3) is 0 Å². The molecule has 0 aliphatic carbocycles. The molecule has 2 heterocycles. The summed E-state index contributed by atoms with van der Waals surface area (Å²) in [7, 11) is 1.91. The normalized spacial score (nSPS) is 12.1. The van der Waals surface area contributed by atoms with E-state index in [1.165, 1.54) is 0 Å². The first kappa shape index (κ1) is 12.8. The second-order valence-electron chi connectivity index (χ2n) is 5.65. The van der Waals surface area contributed by atoms with Gasteiger partial charge in [-0.1, -0.05) is 26.0 Å². The maximum absolute atomic E-state index is 5.74. The second kappa shape index (κ2) is 4.53. The Bertz CT molecular complexity index is 531. The van der Waals surface area contributed by atoms with Crippen LogP contribution in [0, 0.1) is 5.41 Å². The van der Waals surface area contributed by atoms with Crippen LogP contribution < -0.4 is 5.73 Å². The first-order valence-corrected chi connectivity index (χ1v) is 6.03. The third kappa shape index (κ3) is 2.43. The summed E-state index contributed by atoms with van der Waals surface area (Å²) in [6.45, 7) is 7.68. The summed E-state index contributed by atoms with van der Waals surface area (Å²) in [5, 5.41) is 12.6. The molecule has 0 spiro atoms. The van der Waals surface area contributed by atoms with Crippen molar-refractivity contribution in [3.05, 3.63) is 18.0 Å². The van der Waals surface area contributed by atoms with Crippen molar-refractivity contribution in [3.63, 3.8) is 0 Å². The van der Waals surface area contributed by atoms with Crippen LogP contribution in [0.3, 0.4) is 0 Å². The molecule has 0 aliphatic heterocycles. The topological polar surface area (TPSA) is 74.6 Å². The van der Waals surface area contributed by atoms with Crippen LogP contribution in [0.15, 0.2) is 12.3 Å². The lowest BCUT2D eigenvalue weighted by Gasteiger charge is -2.19. The number of nitrogens with zero attached hydrogens (tertiary/aromatic N) is 5. The van der Waals surface area contributed by atoms with Crippen LogP contribution in [0.4, 0.5) is 0 Å². The van der Waals surface area contributed by atoms with E-state index in [9.17, 15) is 0 Å². The van der Waals surface area contributed by atoms with Crippen LogP contribution in [0.1, 0.15) is 26.5 Å². The van der Waals surface area contributed by atoms with Crippen LogP contribution >= 0.6 is 0 Å². The van der Waals surface area contributed by atoms with Crippen molar-refractivity contribution >= 4 is 0 Å². The fourth-order valence-electron chi connectivity index (χ4n) is 1.93. The van der Waals surface area contributed by atoms with Crippen LogP contribution in [-0.4, -0.2) is 24.8 Å². The molecule has 0 aliphatic rings. The third-order valence-corrected chi connectivity index (χ3v) is 2.69. The zero-order chi connectivity index (χ0) is 13.3. The van der Waals surface area contributed by atoms with E-state index in [2.05, 4.69) is 36.2 Å². The Hall–Kier alpha value is -1.69. The molecule has 0 amide bonds. The molecule has 0 saturated heterocycles. The molecular weight excluding hydrogens is 228 g/mol. The van der Waals surface area contributed by atoms with Crippen LogP contribution in [0.25, 0.3) is 11.4 Å². The van der Waals surface area contributed by atoms with Gasteiger partial charge in [-0.25, -0.2) is 4.68 Å². The van der Waals surface area contributed by atoms with Crippen molar-refractivity contribution in [2.75, 3.05) is 0 Å². The summed E-state index contributed by atoms with van der Waals surface area (Å²) in [5.41, 5.74) is 8.63. The van der Waals surface area contributed by atoms with E-state index < -0.39 is 0 Å². The molecule has 0 fully saturated rings. The van der Waals surface area contributed by atoms with E-state index in [1.54, 1.807) is 6.20 Å². The van der Waals surface area contributed by atoms with Crippen molar-refractivity contribution in [2.45, 2.75) is 33.9 Å². The number of aryl methyl sites for hydroxylation is 1. The van der Waals surface area contributed by atoms with E-state index in [0.717, 1.165) is 23.6 Å². The van der Waals surface area contributed by atoms with E-state index in [1.807, 2.05) is 22.5 Å². The Kier molecular flexibility index (Phi) is 3.21. The smallest absolute Gasteiger partial charge is 0.111 e. The maximum atomic E-state index is 5.74. The predicted molar refractivity (Wildman–Crippen MR) is 69.6 cm³/mol. The molecule has 0 unspecified atom stereocenters. The van der Waals surface area contributed by atoms with Gasteiger partial charge in [-0.2, -0.15) is 5.10 Å². The fourth-order valence-corrected chi connectivity index (χ4v) is 1.93. The van der Waals surface area contributed by atoms with Crippen LogP contribution in [0.2, 0.25) is 0 Å². The largest absolute Gasteiger partial charge is 0.325 e. The minimum atomic E-state index is 0.132. The molecule has 2 aromatic heterocycles. The minimum absolute atomic E-state index is 0.132. The summed E-state index contributed by atoms with van der Waals surface area (Å²) in [5.74, 6) is 0. The standard InChI is InChI=1S/C12H20N6/c1-12(2,3)8-18-11(9(7-13)15-16-18)10-5-6-14-17(10)4/h5-6H,7-8,13H2,1-4H3. The number of hydrogen-bond donors (Lipinski definition) is 1. The van der Waals surface area contributed by atoms with Crippen LogP contribution in [-0.2, 0) is 20.1 Å². The zero-order valence-corrected chi connectivity index (χ0v) is 11.4. The van der Waals surface area contributed by atoms with Crippen molar-refractivity contribution in [2.24, 2.45) is 18.2 Å². The average Bonchev–Trinajstić information content (AvgIpc) is 2.82. The molecule has 0 aromatic carbocycles. The molecule has 6 nitrogen and oxygen atoms in total. The second-order valence-corrected chi connectivity index (χ2v) is 5.65. The van der Waals surface area contributed by atoms with E-state index >= 15 is 0 Å². The maximum Gasteiger partial charge on any atom is 0.111 e. The highest BCUT2D eigenvalue weighted by atomic mass is 15.4. The molecule has 6 heteroatoms. The molecule has 2 rings (SSSR count). The molecule has 0 bridgehead atoms. The average molecular weight is 248 g/mol. The highest BCUT2D eigenvalue weighted by molar-refractivity contribution is 5.57. The number of nitrogens with two attached hydrogens (primary N) is 1. The van der Waals surface area contributed by atoms with Crippen molar-refractivity contribution in [1.29, 1.82) is 0 Å². The molecule has 98 valence electrons. The van der Waals surface area contributed by atoms with Gasteiger partial charge in [-0.15, -0.1) is 5.10 Å². The Labute approximate surface area is 107 Å². The van der Waals surface area contributed by atoms with Crippen LogP contribution in [0.5, 0.6) is 0 Å². The van der Waals surface area contributed by atoms with Gasteiger partial charge in [0, 0.05) is 26.3 Å². The predicted octanol–water partition coefficient (Wildman–Crippen LogP) is 1.18. The number of hydrogen-bond acceptors (Lipinski definition) is 4. The summed E-state index contributed by atoms with van der Waals surface area (Å²) < 4.78 is 3.73. The van der Waals surface area contributed by atoms with E-state index in [-0.39, 0.29) is 5.41 Å². The molecule has 0 radical (unpaired) electrons. The van der Waals surface area contributed by atoms with Gasteiger partial charge in [-0.05, 0) is 11.5 Å². The quantitative estimate of drug-likeness (QED) is 0.885. The summed E-state index contributed by atoms with van der Waals surface area (Å²) in [6.07, 6.45) is 1.77. The van der Waals surface area contributed by atoms with Gasteiger partial charge >= 0.3 is 0 Å². The number of rotatable bonds is 3. The molecule has 2 aromatic rings.